The molecule has 0 aromatic heterocycles. The molecule has 0 saturated heterocycles. The molecule has 2 atom stereocenters. The molecule has 0 bridgehead atoms. The van der Waals surface area contributed by atoms with Gasteiger partial charge in [-0.15, -0.1) is 0 Å². The average molecular weight is 283 g/mol. The van der Waals surface area contributed by atoms with E-state index in [1.54, 1.807) is 0 Å². The van der Waals surface area contributed by atoms with Crippen LogP contribution in [0.25, 0.3) is 0 Å². The standard InChI is InChI=1S/C16H33N3O/c1-4-10-19(12-11-18(2)3)16(20)15-7-5-6-14(13-15)8-9-17/h14-15H,4-13,17H2,1-3H3. The topological polar surface area (TPSA) is 49.6 Å². The van der Waals surface area contributed by atoms with Crippen molar-refractivity contribution in [2.75, 3.05) is 40.3 Å². The van der Waals surface area contributed by atoms with E-state index in [0.29, 0.717) is 11.8 Å². The van der Waals surface area contributed by atoms with Gasteiger partial charge in [0.05, 0.1) is 0 Å². The summed E-state index contributed by atoms with van der Waals surface area (Å²) in [6, 6.07) is 0. The SMILES string of the molecule is CCCN(CCN(C)C)C(=O)C1CCCC(CCN)C1. The second-order valence-electron chi connectivity index (χ2n) is 6.44. The molecule has 4 nitrogen and oxygen atoms in total. The normalized spacial score (nSPS) is 23.1. The maximum absolute atomic E-state index is 12.7. The Labute approximate surface area is 124 Å². The molecule has 1 amide bonds. The summed E-state index contributed by atoms with van der Waals surface area (Å²) < 4.78 is 0. The quantitative estimate of drug-likeness (QED) is 0.740. The van der Waals surface area contributed by atoms with Gasteiger partial charge in [-0.3, -0.25) is 4.79 Å². The molecule has 0 aliphatic heterocycles. The zero-order valence-corrected chi connectivity index (χ0v) is 13.6. The average Bonchev–Trinajstić information content (AvgIpc) is 2.43. The first-order valence-electron chi connectivity index (χ1n) is 8.22. The third kappa shape index (κ3) is 5.80. The van der Waals surface area contributed by atoms with Gasteiger partial charge in [0.25, 0.3) is 0 Å². The molecular formula is C16H33N3O. The highest BCUT2D eigenvalue weighted by atomic mass is 16.2. The number of hydrogen-bond acceptors (Lipinski definition) is 3. The Morgan fingerprint density at radius 2 is 1.95 bits per heavy atom. The number of rotatable bonds is 8. The predicted octanol–water partition coefficient (Wildman–Crippen LogP) is 1.94. The van der Waals surface area contributed by atoms with Crippen molar-refractivity contribution >= 4 is 5.91 Å². The summed E-state index contributed by atoms with van der Waals surface area (Å²) in [4.78, 5) is 17.0. The fraction of sp³-hybridized carbons (Fsp3) is 0.938. The van der Waals surface area contributed by atoms with Gasteiger partial charge in [0.2, 0.25) is 5.91 Å². The van der Waals surface area contributed by atoms with Crippen molar-refractivity contribution in [2.45, 2.75) is 45.4 Å². The van der Waals surface area contributed by atoms with Crippen molar-refractivity contribution in [3.05, 3.63) is 0 Å². The van der Waals surface area contributed by atoms with Crippen LogP contribution in [0.5, 0.6) is 0 Å². The van der Waals surface area contributed by atoms with Gasteiger partial charge in [-0.25, -0.2) is 0 Å². The second-order valence-corrected chi connectivity index (χ2v) is 6.44. The van der Waals surface area contributed by atoms with Gasteiger partial charge in [-0.2, -0.15) is 0 Å². The van der Waals surface area contributed by atoms with Crippen molar-refractivity contribution in [1.82, 2.24) is 9.80 Å². The van der Waals surface area contributed by atoms with Crippen LogP contribution in [0.1, 0.15) is 45.4 Å². The fourth-order valence-electron chi connectivity index (χ4n) is 3.19. The van der Waals surface area contributed by atoms with Gasteiger partial charge >= 0.3 is 0 Å². The molecule has 118 valence electrons. The highest BCUT2D eigenvalue weighted by Crippen LogP contribution is 2.32. The number of nitrogens with two attached hydrogens (primary N) is 1. The van der Waals surface area contributed by atoms with Crippen LogP contribution in [0.15, 0.2) is 0 Å². The smallest absolute Gasteiger partial charge is 0.225 e. The number of likely N-dealkylation sites (N-methyl/N-ethyl adjacent to an activating group) is 1. The minimum absolute atomic E-state index is 0.244. The molecule has 2 unspecified atom stereocenters. The maximum Gasteiger partial charge on any atom is 0.225 e. The molecule has 1 aliphatic rings. The van der Waals surface area contributed by atoms with E-state index in [4.69, 9.17) is 5.73 Å². The van der Waals surface area contributed by atoms with Crippen molar-refractivity contribution in [1.29, 1.82) is 0 Å². The number of amides is 1. The van der Waals surface area contributed by atoms with E-state index in [-0.39, 0.29) is 5.92 Å². The van der Waals surface area contributed by atoms with Gasteiger partial charge in [-0.05, 0) is 52.2 Å². The summed E-state index contributed by atoms with van der Waals surface area (Å²) >= 11 is 0. The molecule has 20 heavy (non-hydrogen) atoms. The third-order valence-corrected chi connectivity index (χ3v) is 4.33. The molecule has 1 saturated carbocycles. The minimum Gasteiger partial charge on any atom is -0.341 e. The summed E-state index contributed by atoms with van der Waals surface area (Å²) in [5.41, 5.74) is 5.67. The number of hydrogen-bond donors (Lipinski definition) is 1. The molecule has 0 heterocycles. The van der Waals surface area contributed by atoms with Crippen LogP contribution >= 0.6 is 0 Å². The van der Waals surface area contributed by atoms with Crippen LogP contribution in [0.4, 0.5) is 0 Å². The molecule has 0 spiro atoms. The van der Waals surface area contributed by atoms with Gasteiger partial charge in [0, 0.05) is 25.6 Å². The Hall–Kier alpha value is -0.610. The molecule has 0 aromatic rings. The lowest BCUT2D eigenvalue weighted by Crippen LogP contribution is -2.42. The van der Waals surface area contributed by atoms with Crippen LogP contribution < -0.4 is 5.73 Å². The van der Waals surface area contributed by atoms with E-state index in [0.717, 1.165) is 51.9 Å². The van der Waals surface area contributed by atoms with Gasteiger partial charge in [-0.1, -0.05) is 19.8 Å². The molecule has 1 aliphatic carbocycles. The Kier molecular flexibility index (Phi) is 8.15. The molecule has 4 heteroatoms. The molecule has 0 radical (unpaired) electrons. The lowest BCUT2D eigenvalue weighted by Gasteiger charge is -2.33. The minimum atomic E-state index is 0.244. The highest BCUT2D eigenvalue weighted by Gasteiger charge is 2.29. The maximum atomic E-state index is 12.7. The third-order valence-electron chi connectivity index (χ3n) is 4.33. The van der Waals surface area contributed by atoms with Gasteiger partial charge < -0.3 is 15.5 Å². The van der Waals surface area contributed by atoms with Gasteiger partial charge in [0.1, 0.15) is 0 Å². The van der Waals surface area contributed by atoms with Crippen molar-refractivity contribution in [2.24, 2.45) is 17.6 Å². The van der Waals surface area contributed by atoms with Crippen molar-refractivity contribution in [3.8, 4) is 0 Å². The molecule has 0 aromatic carbocycles. The molecule has 1 rings (SSSR count). The summed E-state index contributed by atoms with van der Waals surface area (Å²) in [7, 11) is 4.12. The van der Waals surface area contributed by atoms with Crippen LogP contribution in [-0.4, -0.2) is 56.0 Å². The summed E-state index contributed by atoms with van der Waals surface area (Å²) in [5, 5.41) is 0. The van der Waals surface area contributed by atoms with E-state index in [1.165, 1.54) is 12.8 Å². The molecule has 2 N–H and O–H groups in total. The lowest BCUT2D eigenvalue weighted by atomic mass is 9.79. The van der Waals surface area contributed by atoms with E-state index < -0.39 is 0 Å². The summed E-state index contributed by atoms with van der Waals surface area (Å²) in [6.07, 6.45) is 6.69. The predicted molar refractivity (Wildman–Crippen MR) is 84.5 cm³/mol. The number of carbonyl (C=O) groups excluding carboxylic acids is 1. The summed E-state index contributed by atoms with van der Waals surface area (Å²) in [6.45, 7) is 5.60. The van der Waals surface area contributed by atoms with E-state index in [1.807, 2.05) is 0 Å². The Morgan fingerprint density at radius 1 is 1.20 bits per heavy atom. The zero-order valence-electron chi connectivity index (χ0n) is 13.6. The van der Waals surface area contributed by atoms with Crippen LogP contribution in [0.3, 0.4) is 0 Å². The Balaban J connectivity index is 2.53. The summed E-state index contributed by atoms with van der Waals surface area (Å²) in [5.74, 6) is 1.30. The Morgan fingerprint density at radius 3 is 2.55 bits per heavy atom. The Bertz CT molecular complexity index is 279. The van der Waals surface area contributed by atoms with Crippen LogP contribution in [-0.2, 0) is 4.79 Å². The van der Waals surface area contributed by atoms with E-state index >= 15 is 0 Å². The fourth-order valence-corrected chi connectivity index (χ4v) is 3.19. The number of carbonyl (C=O) groups is 1. The number of nitrogens with zero attached hydrogens (tertiary/aromatic N) is 2. The lowest BCUT2D eigenvalue weighted by molar-refractivity contribution is -0.137. The monoisotopic (exact) mass is 283 g/mol. The second kappa shape index (κ2) is 9.35. The zero-order chi connectivity index (χ0) is 15.0. The molecule has 1 fully saturated rings. The first-order chi connectivity index (χ1) is 9.58. The molecular weight excluding hydrogens is 250 g/mol. The van der Waals surface area contributed by atoms with Crippen LogP contribution in [0, 0.1) is 11.8 Å². The first-order valence-corrected chi connectivity index (χ1v) is 8.22. The van der Waals surface area contributed by atoms with E-state index in [9.17, 15) is 4.79 Å². The first kappa shape index (κ1) is 17.4. The van der Waals surface area contributed by atoms with Crippen molar-refractivity contribution < 1.29 is 4.79 Å². The van der Waals surface area contributed by atoms with E-state index in [2.05, 4.69) is 30.8 Å². The largest absolute Gasteiger partial charge is 0.341 e. The van der Waals surface area contributed by atoms with Gasteiger partial charge in [0.15, 0.2) is 0 Å². The van der Waals surface area contributed by atoms with Crippen molar-refractivity contribution in [3.63, 3.8) is 0 Å². The van der Waals surface area contributed by atoms with Crippen LogP contribution in [0.2, 0.25) is 0 Å². The highest BCUT2D eigenvalue weighted by molar-refractivity contribution is 5.79.